The SMILES string of the molecule is C=CCSCCN=C(N)Nc1ccc(OC)c(Cl)c1. The van der Waals surface area contributed by atoms with Crippen LogP contribution < -0.4 is 15.8 Å². The van der Waals surface area contributed by atoms with Crippen LogP contribution in [0.5, 0.6) is 5.75 Å². The van der Waals surface area contributed by atoms with E-state index in [1.165, 1.54) is 0 Å². The Labute approximate surface area is 123 Å². The summed E-state index contributed by atoms with van der Waals surface area (Å²) >= 11 is 7.78. The number of hydrogen-bond acceptors (Lipinski definition) is 3. The van der Waals surface area contributed by atoms with E-state index in [1.807, 2.05) is 12.1 Å². The molecule has 0 fully saturated rings. The molecule has 104 valence electrons. The Bertz CT molecular complexity index is 452. The summed E-state index contributed by atoms with van der Waals surface area (Å²) in [5.74, 6) is 2.85. The fourth-order valence-electron chi connectivity index (χ4n) is 1.33. The number of nitrogens with two attached hydrogens (primary N) is 1. The number of nitrogens with zero attached hydrogens (tertiary/aromatic N) is 1. The van der Waals surface area contributed by atoms with Crippen LogP contribution in [-0.2, 0) is 0 Å². The Morgan fingerprint density at radius 1 is 1.63 bits per heavy atom. The lowest BCUT2D eigenvalue weighted by molar-refractivity contribution is 0.415. The fraction of sp³-hybridized carbons (Fsp3) is 0.308. The highest BCUT2D eigenvalue weighted by Crippen LogP contribution is 2.26. The molecule has 0 spiro atoms. The van der Waals surface area contributed by atoms with Crippen molar-refractivity contribution in [1.82, 2.24) is 0 Å². The number of thioether (sulfide) groups is 1. The Balaban J connectivity index is 2.47. The van der Waals surface area contributed by atoms with Crippen LogP contribution in [0.4, 0.5) is 5.69 Å². The summed E-state index contributed by atoms with van der Waals surface area (Å²) in [5.41, 5.74) is 6.56. The van der Waals surface area contributed by atoms with Gasteiger partial charge < -0.3 is 15.8 Å². The zero-order chi connectivity index (χ0) is 14.1. The highest BCUT2D eigenvalue weighted by Gasteiger charge is 2.02. The van der Waals surface area contributed by atoms with Gasteiger partial charge in [0.1, 0.15) is 5.75 Å². The zero-order valence-electron chi connectivity index (χ0n) is 10.9. The predicted molar refractivity (Wildman–Crippen MR) is 85.6 cm³/mol. The molecular formula is C13H18ClN3OS. The first-order valence-corrected chi connectivity index (χ1v) is 7.29. The van der Waals surface area contributed by atoms with E-state index in [0.717, 1.165) is 17.2 Å². The minimum atomic E-state index is 0.375. The van der Waals surface area contributed by atoms with Crippen LogP contribution in [0.1, 0.15) is 0 Å². The lowest BCUT2D eigenvalue weighted by Crippen LogP contribution is -2.23. The third-order valence-corrected chi connectivity index (χ3v) is 3.42. The largest absolute Gasteiger partial charge is 0.495 e. The smallest absolute Gasteiger partial charge is 0.193 e. The number of rotatable bonds is 7. The number of guanidine groups is 1. The molecule has 0 bridgehead atoms. The summed E-state index contributed by atoms with van der Waals surface area (Å²) in [6.45, 7) is 4.32. The summed E-state index contributed by atoms with van der Waals surface area (Å²) in [6, 6.07) is 5.35. The maximum Gasteiger partial charge on any atom is 0.193 e. The van der Waals surface area contributed by atoms with Gasteiger partial charge in [-0.25, -0.2) is 0 Å². The molecule has 0 amide bonds. The molecule has 19 heavy (non-hydrogen) atoms. The second-order valence-corrected chi connectivity index (χ2v) is 5.16. The van der Waals surface area contributed by atoms with Gasteiger partial charge in [-0.1, -0.05) is 17.7 Å². The Morgan fingerprint density at radius 3 is 3.05 bits per heavy atom. The Hall–Kier alpha value is -1.33. The normalized spacial score (nSPS) is 11.2. The van der Waals surface area contributed by atoms with Crippen molar-refractivity contribution in [3.8, 4) is 5.75 Å². The van der Waals surface area contributed by atoms with Gasteiger partial charge in [-0.3, -0.25) is 4.99 Å². The monoisotopic (exact) mass is 299 g/mol. The molecule has 0 aliphatic carbocycles. The quantitative estimate of drug-likeness (QED) is 0.352. The number of aliphatic imine (C=N–C) groups is 1. The number of benzene rings is 1. The van der Waals surface area contributed by atoms with Gasteiger partial charge in [0, 0.05) is 17.2 Å². The number of nitrogens with one attached hydrogen (secondary N) is 1. The van der Waals surface area contributed by atoms with Crippen molar-refractivity contribution in [3.63, 3.8) is 0 Å². The summed E-state index contributed by atoms with van der Waals surface area (Å²) in [7, 11) is 1.57. The van der Waals surface area contributed by atoms with E-state index < -0.39 is 0 Å². The van der Waals surface area contributed by atoms with Crippen molar-refractivity contribution in [2.24, 2.45) is 10.7 Å². The third-order valence-electron chi connectivity index (χ3n) is 2.18. The molecule has 0 unspecified atom stereocenters. The number of halogens is 1. The highest BCUT2D eigenvalue weighted by molar-refractivity contribution is 7.99. The molecular weight excluding hydrogens is 282 g/mol. The maximum absolute atomic E-state index is 6.02. The first kappa shape index (κ1) is 15.7. The topological polar surface area (TPSA) is 59.6 Å². The Kier molecular flexibility index (Phi) is 7.22. The number of hydrogen-bond donors (Lipinski definition) is 2. The van der Waals surface area contributed by atoms with Crippen LogP contribution in [0, 0.1) is 0 Å². The van der Waals surface area contributed by atoms with Crippen LogP contribution in [-0.4, -0.2) is 31.1 Å². The van der Waals surface area contributed by atoms with Gasteiger partial charge in [-0.05, 0) is 18.2 Å². The molecule has 1 rings (SSSR count). The molecule has 0 saturated carbocycles. The minimum absolute atomic E-state index is 0.375. The maximum atomic E-state index is 6.02. The molecule has 6 heteroatoms. The molecule has 0 saturated heterocycles. The number of methoxy groups -OCH3 is 1. The second kappa shape index (κ2) is 8.72. The van der Waals surface area contributed by atoms with Gasteiger partial charge in [0.25, 0.3) is 0 Å². The fourth-order valence-corrected chi connectivity index (χ4v) is 2.14. The van der Waals surface area contributed by atoms with Gasteiger partial charge in [0.05, 0.1) is 18.7 Å². The van der Waals surface area contributed by atoms with Gasteiger partial charge in [0.2, 0.25) is 0 Å². The van der Waals surface area contributed by atoms with Gasteiger partial charge in [-0.15, -0.1) is 6.58 Å². The van der Waals surface area contributed by atoms with Crippen molar-refractivity contribution in [1.29, 1.82) is 0 Å². The molecule has 0 heterocycles. The van der Waals surface area contributed by atoms with Crippen molar-refractivity contribution in [3.05, 3.63) is 35.9 Å². The molecule has 4 nitrogen and oxygen atoms in total. The van der Waals surface area contributed by atoms with Crippen LogP contribution in [0.15, 0.2) is 35.8 Å². The van der Waals surface area contributed by atoms with Crippen LogP contribution in [0.25, 0.3) is 0 Å². The minimum Gasteiger partial charge on any atom is -0.495 e. The van der Waals surface area contributed by atoms with Crippen LogP contribution in [0.3, 0.4) is 0 Å². The van der Waals surface area contributed by atoms with E-state index in [0.29, 0.717) is 23.3 Å². The van der Waals surface area contributed by atoms with E-state index >= 15 is 0 Å². The van der Waals surface area contributed by atoms with Crippen molar-refractivity contribution in [2.45, 2.75) is 0 Å². The van der Waals surface area contributed by atoms with E-state index in [-0.39, 0.29) is 0 Å². The van der Waals surface area contributed by atoms with Gasteiger partial charge in [-0.2, -0.15) is 11.8 Å². The first-order valence-electron chi connectivity index (χ1n) is 5.76. The van der Waals surface area contributed by atoms with E-state index in [1.54, 1.807) is 31.0 Å². The average Bonchev–Trinajstić information content (AvgIpc) is 2.39. The highest BCUT2D eigenvalue weighted by atomic mass is 35.5. The van der Waals surface area contributed by atoms with E-state index in [4.69, 9.17) is 22.1 Å². The predicted octanol–water partition coefficient (Wildman–Crippen LogP) is 2.99. The molecule has 3 N–H and O–H groups in total. The lowest BCUT2D eigenvalue weighted by Gasteiger charge is -2.08. The zero-order valence-corrected chi connectivity index (χ0v) is 12.4. The van der Waals surface area contributed by atoms with E-state index in [9.17, 15) is 0 Å². The molecule has 1 aromatic rings. The van der Waals surface area contributed by atoms with Gasteiger partial charge >= 0.3 is 0 Å². The average molecular weight is 300 g/mol. The molecule has 0 aliphatic rings. The molecule has 0 aromatic heterocycles. The molecule has 0 atom stereocenters. The van der Waals surface area contributed by atoms with Gasteiger partial charge in [0.15, 0.2) is 5.96 Å². The molecule has 1 aromatic carbocycles. The summed E-state index contributed by atoms with van der Waals surface area (Å²) in [4.78, 5) is 4.22. The summed E-state index contributed by atoms with van der Waals surface area (Å²) in [6.07, 6.45) is 1.87. The molecule has 0 radical (unpaired) electrons. The van der Waals surface area contributed by atoms with Crippen molar-refractivity contribution < 1.29 is 4.74 Å². The standard InChI is InChI=1S/C13H18ClN3OS/c1-3-7-19-8-6-16-13(15)17-10-4-5-12(18-2)11(14)9-10/h3-5,9H,1,6-8H2,2H3,(H3,15,16,17). The van der Waals surface area contributed by atoms with Crippen molar-refractivity contribution >= 4 is 35.0 Å². The third kappa shape index (κ3) is 5.89. The Morgan fingerprint density at radius 2 is 2.42 bits per heavy atom. The van der Waals surface area contributed by atoms with Crippen molar-refractivity contribution in [2.75, 3.05) is 30.5 Å². The molecule has 0 aliphatic heterocycles. The summed E-state index contributed by atoms with van der Waals surface area (Å²) < 4.78 is 5.08. The summed E-state index contributed by atoms with van der Waals surface area (Å²) in [5, 5.41) is 3.51. The first-order chi connectivity index (χ1) is 9.17. The lowest BCUT2D eigenvalue weighted by atomic mass is 10.3. The number of ether oxygens (including phenoxy) is 1. The van der Waals surface area contributed by atoms with Crippen LogP contribution >= 0.6 is 23.4 Å². The van der Waals surface area contributed by atoms with Crippen LogP contribution in [0.2, 0.25) is 5.02 Å². The number of anilines is 1. The van der Waals surface area contributed by atoms with E-state index in [2.05, 4.69) is 16.9 Å². The second-order valence-electron chi connectivity index (χ2n) is 3.60.